The maximum absolute atomic E-state index is 12.9. The van der Waals surface area contributed by atoms with Crippen molar-refractivity contribution in [2.75, 3.05) is 13.2 Å². The smallest absolute Gasteiger partial charge is 0.463 e. The maximum atomic E-state index is 12.9. The van der Waals surface area contributed by atoms with Gasteiger partial charge >= 0.3 is 57.4 Å². The van der Waals surface area contributed by atoms with E-state index in [1.165, 1.54) is 19.3 Å². The summed E-state index contributed by atoms with van der Waals surface area (Å²) in [7, 11) is 0. The fraction of sp³-hybridized carbons (Fsp3) is 0.923. The zero-order valence-corrected chi connectivity index (χ0v) is 25.0. The van der Waals surface area contributed by atoms with Gasteiger partial charge in [0.15, 0.2) is 5.79 Å². The van der Waals surface area contributed by atoms with Crippen molar-refractivity contribution in [2.45, 2.75) is 98.9 Å². The van der Waals surface area contributed by atoms with Crippen molar-refractivity contribution in [1.29, 1.82) is 0 Å². The average molecular weight is 463 g/mol. The molecule has 2 bridgehead atoms. The summed E-state index contributed by atoms with van der Waals surface area (Å²) in [5.74, 6) is 2.94. The molecule has 2 aliphatic carbocycles. The van der Waals surface area contributed by atoms with Gasteiger partial charge < -0.3 is 21.6 Å². The summed E-state index contributed by atoms with van der Waals surface area (Å²) < 4.78 is 17.5. The Morgan fingerprint density at radius 2 is 1.90 bits per heavy atom. The van der Waals surface area contributed by atoms with E-state index in [1.807, 2.05) is 6.92 Å². The first-order valence-electron chi connectivity index (χ1n) is 12.0. The predicted octanol–water partition coefficient (Wildman–Crippen LogP) is 3.29. The van der Waals surface area contributed by atoms with E-state index in [4.69, 9.17) is 14.2 Å². The molecule has 0 N–H and O–H groups in total. The van der Waals surface area contributed by atoms with E-state index < -0.39 is 5.79 Å². The number of hydrogen-bond acceptors (Lipinski definition) is 4. The molecule has 1 heterocycles. The summed E-state index contributed by atoms with van der Waals surface area (Å²) in [5, 5.41) is 0. The van der Waals surface area contributed by atoms with Crippen LogP contribution in [0.1, 0.15) is 87.0 Å². The molecule has 0 radical (unpaired) electrons. The van der Waals surface area contributed by atoms with Gasteiger partial charge in [0.05, 0.1) is 12.5 Å². The van der Waals surface area contributed by atoms with Crippen LogP contribution in [0.15, 0.2) is 0 Å². The third-order valence-electron chi connectivity index (χ3n) is 7.83. The Morgan fingerprint density at radius 1 is 1.23 bits per heavy atom. The molecule has 0 aromatic carbocycles. The van der Waals surface area contributed by atoms with E-state index >= 15 is 0 Å². The molecule has 31 heavy (non-hydrogen) atoms. The minimum absolute atomic E-state index is 0. The zero-order chi connectivity index (χ0) is 21.4. The Kier molecular flexibility index (Phi) is 11.8. The summed E-state index contributed by atoms with van der Waals surface area (Å²) in [6.45, 7) is 16.8. The van der Waals surface area contributed by atoms with Crippen LogP contribution in [0, 0.1) is 48.3 Å². The van der Waals surface area contributed by atoms with Gasteiger partial charge in [-0.05, 0) is 61.2 Å². The summed E-state index contributed by atoms with van der Waals surface area (Å²) in [6, 6.07) is 0. The largest absolute Gasteiger partial charge is 1.00 e. The van der Waals surface area contributed by atoms with Crippen molar-refractivity contribution >= 4 is 5.97 Å². The first-order chi connectivity index (χ1) is 13.6. The van der Waals surface area contributed by atoms with E-state index in [2.05, 4.69) is 41.5 Å². The molecule has 0 amide bonds. The first-order valence-corrected chi connectivity index (χ1v) is 12.0. The van der Waals surface area contributed by atoms with Crippen LogP contribution in [0.2, 0.25) is 0 Å². The van der Waals surface area contributed by atoms with E-state index in [-0.39, 0.29) is 76.8 Å². The molecular formula is C26H47KO4. The number of ether oxygens (including phenoxy) is 3. The van der Waals surface area contributed by atoms with Crippen molar-refractivity contribution < 1.29 is 70.4 Å². The van der Waals surface area contributed by atoms with Gasteiger partial charge in [0.1, 0.15) is 12.7 Å². The summed E-state index contributed by atoms with van der Waals surface area (Å²) in [4.78, 5) is 12.9. The molecule has 0 aromatic rings. The Balaban J connectivity index is 0.00000240. The third kappa shape index (κ3) is 7.25. The van der Waals surface area contributed by atoms with E-state index in [0.29, 0.717) is 36.4 Å². The number of fused-ring (bicyclic) bond motifs is 2. The number of hydrogen-bond donors (Lipinski definition) is 0. The molecule has 3 aliphatic rings. The van der Waals surface area contributed by atoms with E-state index in [0.717, 1.165) is 31.1 Å². The molecule has 8 unspecified atom stereocenters. The van der Waals surface area contributed by atoms with Crippen LogP contribution < -0.4 is 51.4 Å². The van der Waals surface area contributed by atoms with Crippen molar-refractivity contribution in [3.05, 3.63) is 7.43 Å². The van der Waals surface area contributed by atoms with Crippen LogP contribution in [0.5, 0.6) is 0 Å². The Bertz CT molecular complexity index is 572. The Morgan fingerprint density at radius 3 is 2.45 bits per heavy atom. The third-order valence-corrected chi connectivity index (χ3v) is 7.83. The maximum Gasteiger partial charge on any atom is 1.00 e. The number of esters is 1. The molecule has 8 atom stereocenters. The first kappa shape index (κ1) is 30.1. The van der Waals surface area contributed by atoms with E-state index in [1.54, 1.807) is 0 Å². The standard InChI is InChI=1S/C25H44O4.CH3.K/c1-8-10-25(7)28-15-19(29-25)14-27-23(26)21-12-18-11-20(21)16(3)22(18)17(9-2)13-24(4,5)6;;/h16-22H,8-15H2,1-7H3;1H3;/q;-1;+1. The van der Waals surface area contributed by atoms with Crippen molar-refractivity contribution in [1.82, 2.24) is 0 Å². The minimum atomic E-state index is -0.512. The molecule has 3 rings (SSSR count). The van der Waals surface area contributed by atoms with Gasteiger partial charge in [0.25, 0.3) is 0 Å². The van der Waals surface area contributed by atoms with Crippen LogP contribution in [0.4, 0.5) is 0 Å². The molecule has 5 heteroatoms. The van der Waals surface area contributed by atoms with Crippen LogP contribution in [-0.4, -0.2) is 31.1 Å². The van der Waals surface area contributed by atoms with Gasteiger partial charge in [-0.2, -0.15) is 0 Å². The Hall–Kier alpha value is 1.03. The second kappa shape index (κ2) is 12.1. The van der Waals surface area contributed by atoms with Crippen molar-refractivity contribution in [3.8, 4) is 0 Å². The van der Waals surface area contributed by atoms with Crippen LogP contribution in [-0.2, 0) is 19.0 Å². The topological polar surface area (TPSA) is 44.8 Å². The normalized spacial score (nSPS) is 37.8. The van der Waals surface area contributed by atoms with Gasteiger partial charge in [0.2, 0.25) is 0 Å². The molecule has 176 valence electrons. The number of carbonyl (C=O) groups excluding carboxylic acids is 1. The van der Waals surface area contributed by atoms with Gasteiger partial charge in [-0.15, -0.1) is 0 Å². The van der Waals surface area contributed by atoms with Gasteiger partial charge in [-0.1, -0.05) is 54.4 Å². The van der Waals surface area contributed by atoms with Crippen molar-refractivity contribution in [3.63, 3.8) is 0 Å². The molecule has 0 spiro atoms. The Labute approximate surface area is 234 Å². The summed E-state index contributed by atoms with van der Waals surface area (Å²) in [5.41, 5.74) is 0.371. The molecule has 4 nitrogen and oxygen atoms in total. The summed E-state index contributed by atoms with van der Waals surface area (Å²) in [6.07, 6.45) is 6.53. The monoisotopic (exact) mass is 462 g/mol. The second-order valence-corrected chi connectivity index (χ2v) is 11.4. The number of carbonyl (C=O) groups is 1. The number of rotatable bonds is 8. The molecule has 0 aromatic heterocycles. The second-order valence-electron chi connectivity index (χ2n) is 11.4. The average Bonchev–Trinajstić information content (AvgIpc) is 3.30. The predicted molar refractivity (Wildman–Crippen MR) is 122 cm³/mol. The van der Waals surface area contributed by atoms with Crippen LogP contribution in [0.3, 0.4) is 0 Å². The quantitative estimate of drug-likeness (QED) is 0.315. The fourth-order valence-electron chi connectivity index (χ4n) is 6.78. The van der Waals surface area contributed by atoms with Gasteiger partial charge in [-0.3, -0.25) is 4.79 Å². The van der Waals surface area contributed by atoms with Gasteiger partial charge in [-0.25, -0.2) is 0 Å². The van der Waals surface area contributed by atoms with E-state index in [9.17, 15) is 4.79 Å². The molecule has 3 fully saturated rings. The molecule has 2 saturated carbocycles. The van der Waals surface area contributed by atoms with Crippen LogP contribution >= 0.6 is 0 Å². The SMILES string of the molecule is CCCC1(C)OCC(COC(=O)C2CC3CC2C(C)C3C(CC)CC(C)(C)C)O1.[CH3-].[K+]. The fourth-order valence-corrected chi connectivity index (χ4v) is 6.78. The minimum Gasteiger partial charge on any atom is -0.463 e. The molecule has 1 aliphatic heterocycles. The zero-order valence-electron chi connectivity index (χ0n) is 21.8. The summed E-state index contributed by atoms with van der Waals surface area (Å²) >= 11 is 0. The van der Waals surface area contributed by atoms with Crippen molar-refractivity contribution in [2.24, 2.45) is 40.9 Å². The molecular weight excluding hydrogens is 415 g/mol. The van der Waals surface area contributed by atoms with Gasteiger partial charge in [0, 0.05) is 6.42 Å². The molecule has 1 saturated heterocycles. The van der Waals surface area contributed by atoms with Crippen LogP contribution in [0.25, 0.3) is 0 Å².